The zero-order chi connectivity index (χ0) is 15.9. The van der Waals surface area contributed by atoms with Crippen molar-refractivity contribution in [1.82, 2.24) is 16.2 Å². The number of carbonyl (C=O) groups excluding carboxylic acids is 1. The van der Waals surface area contributed by atoms with Gasteiger partial charge in [0.15, 0.2) is 11.5 Å². The van der Waals surface area contributed by atoms with E-state index in [0.717, 1.165) is 24.8 Å². The minimum Gasteiger partial charge on any atom is -0.493 e. The predicted molar refractivity (Wildman–Crippen MR) is 84.8 cm³/mol. The number of methoxy groups -OCH3 is 2. The molecule has 2 rings (SSSR count). The number of ether oxygens (including phenoxy) is 2. The minimum absolute atomic E-state index is 0.00373. The maximum atomic E-state index is 12.2. The summed E-state index contributed by atoms with van der Waals surface area (Å²) in [5, 5.41) is 2.95. The third-order valence-electron chi connectivity index (χ3n) is 3.87. The highest BCUT2D eigenvalue weighted by molar-refractivity contribution is 5.82. The molecule has 0 bridgehead atoms. The summed E-state index contributed by atoms with van der Waals surface area (Å²) in [5.41, 5.74) is 7.13. The largest absolute Gasteiger partial charge is 0.493 e. The molecule has 1 aromatic rings. The van der Waals surface area contributed by atoms with E-state index in [1.807, 2.05) is 18.2 Å². The summed E-state index contributed by atoms with van der Waals surface area (Å²) in [6.07, 6.45) is 2.99. The van der Waals surface area contributed by atoms with E-state index in [1.165, 1.54) is 0 Å². The molecule has 2 unspecified atom stereocenters. The summed E-state index contributed by atoms with van der Waals surface area (Å²) < 4.78 is 10.6. The average molecular weight is 307 g/mol. The van der Waals surface area contributed by atoms with Gasteiger partial charge in [-0.15, -0.1) is 0 Å². The standard InChI is InChI=1S/C16H25N3O3/c1-4-6-12-9-13(19-18-12)16(20)17-10-11-7-5-8-14(21-2)15(11)22-3/h5,7-8,12-13,18-19H,4,6,9-10H2,1-3H3,(H,17,20). The van der Waals surface area contributed by atoms with E-state index in [1.54, 1.807) is 14.2 Å². The van der Waals surface area contributed by atoms with Crippen LogP contribution < -0.4 is 25.6 Å². The Morgan fingerprint density at radius 3 is 2.82 bits per heavy atom. The number of hydrogen-bond donors (Lipinski definition) is 3. The van der Waals surface area contributed by atoms with Crippen molar-refractivity contribution < 1.29 is 14.3 Å². The van der Waals surface area contributed by atoms with E-state index >= 15 is 0 Å². The second-order valence-corrected chi connectivity index (χ2v) is 5.43. The van der Waals surface area contributed by atoms with Crippen molar-refractivity contribution in [3.05, 3.63) is 23.8 Å². The summed E-state index contributed by atoms with van der Waals surface area (Å²) in [4.78, 5) is 12.2. The third-order valence-corrected chi connectivity index (χ3v) is 3.87. The van der Waals surface area contributed by atoms with Gasteiger partial charge >= 0.3 is 0 Å². The fourth-order valence-corrected chi connectivity index (χ4v) is 2.73. The molecule has 0 aliphatic carbocycles. The van der Waals surface area contributed by atoms with E-state index in [9.17, 15) is 4.79 Å². The monoisotopic (exact) mass is 307 g/mol. The molecule has 122 valence electrons. The fraction of sp³-hybridized carbons (Fsp3) is 0.562. The molecule has 1 heterocycles. The first-order valence-corrected chi connectivity index (χ1v) is 7.68. The van der Waals surface area contributed by atoms with Gasteiger partial charge in [0.1, 0.15) is 6.04 Å². The van der Waals surface area contributed by atoms with Gasteiger partial charge in [-0.25, -0.2) is 5.43 Å². The lowest BCUT2D eigenvalue weighted by atomic mass is 10.1. The number of hydrazine groups is 1. The van der Waals surface area contributed by atoms with Gasteiger partial charge in [-0.2, -0.15) is 0 Å². The van der Waals surface area contributed by atoms with Gasteiger partial charge in [-0.1, -0.05) is 25.5 Å². The first kappa shape index (κ1) is 16.6. The predicted octanol–water partition coefficient (Wildman–Crippen LogP) is 1.36. The maximum Gasteiger partial charge on any atom is 0.238 e. The topological polar surface area (TPSA) is 71.6 Å². The summed E-state index contributed by atoms with van der Waals surface area (Å²) in [6, 6.07) is 5.82. The van der Waals surface area contributed by atoms with Crippen molar-refractivity contribution in [1.29, 1.82) is 0 Å². The molecule has 1 fully saturated rings. The summed E-state index contributed by atoms with van der Waals surface area (Å²) in [7, 11) is 3.20. The normalized spacial score (nSPS) is 20.7. The Bertz CT molecular complexity index is 507. The number of rotatable bonds is 7. The molecule has 2 atom stereocenters. The molecule has 3 N–H and O–H groups in total. The highest BCUT2D eigenvalue weighted by atomic mass is 16.5. The van der Waals surface area contributed by atoms with Gasteiger partial charge in [0.25, 0.3) is 0 Å². The van der Waals surface area contributed by atoms with Crippen LogP contribution in [-0.2, 0) is 11.3 Å². The number of nitrogens with one attached hydrogen (secondary N) is 3. The summed E-state index contributed by atoms with van der Waals surface area (Å²) in [5.74, 6) is 1.32. The highest BCUT2D eigenvalue weighted by Gasteiger charge is 2.28. The Hall–Kier alpha value is -1.79. The number of benzene rings is 1. The Balaban J connectivity index is 1.92. The Labute approximate surface area is 131 Å². The first-order valence-electron chi connectivity index (χ1n) is 7.68. The average Bonchev–Trinajstić information content (AvgIpc) is 3.01. The van der Waals surface area contributed by atoms with Crippen LogP contribution >= 0.6 is 0 Å². The smallest absolute Gasteiger partial charge is 0.238 e. The van der Waals surface area contributed by atoms with Crippen LogP contribution in [0.4, 0.5) is 0 Å². The van der Waals surface area contributed by atoms with E-state index < -0.39 is 0 Å². The highest BCUT2D eigenvalue weighted by Crippen LogP contribution is 2.30. The van der Waals surface area contributed by atoms with Crippen LogP contribution in [0, 0.1) is 0 Å². The number of para-hydroxylation sites is 1. The van der Waals surface area contributed by atoms with Gasteiger partial charge in [0.2, 0.25) is 5.91 Å². The summed E-state index contributed by atoms with van der Waals surface area (Å²) in [6.45, 7) is 2.56. The van der Waals surface area contributed by atoms with Crippen LogP contribution in [0.15, 0.2) is 18.2 Å². The third kappa shape index (κ3) is 3.90. The second kappa shape index (κ2) is 8.00. The SMILES string of the molecule is CCCC1CC(C(=O)NCc2cccc(OC)c2OC)NN1. The van der Waals surface area contributed by atoms with E-state index in [-0.39, 0.29) is 11.9 Å². The van der Waals surface area contributed by atoms with Gasteiger partial charge in [-0.3, -0.25) is 10.2 Å². The van der Waals surface area contributed by atoms with Crippen molar-refractivity contribution >= 4 is 5.91 Å². The lowest BCUT2D eigenvalue weighted by molar-refractivity contribution is -0.123. The number of amides is 1. The van der Waals surface area contributed by atoms with Crippen molar-refractivity contribution in [3.8, 4) is 11.5 Å². The Morgan fingerprint density at radius 1 is 1.32 bits per heavy atom. The molecular formula is C16H25N3O3. The van der Waals surface area contributed by atoms with Crippen LogP contribution in [0.5, 0.6) is 11.5 Å². The molecule has 1 amide bonds. The molecule has 1 aliphatic heterocycles. The van der Waals surface area contributed by atoms with E-state index in [0.29, 0.717) is 24.1 Å². The molecular weight excluding hydrogens is 282 g/mol. The van der Waals surface area contributed by atoms with Gasteiger partial charge in [0.05, 0.1) is 14.2 Å². The van der Waals surface area contributed by atoms with Crippen LogP contribution in [-0.4, -0.2) is 32.2 Å². The molecule has 1 aliphatic rings. The van der Waals surface area contributed by atoms with Crippen molar-refractivity contribution in [2.75, 3.05) is 14.2 Å². The van der Waals surface area contributed by atoms with Crippen LogP contribution in [0.2, 0.25) is 0 Å². The zero-order valence-electron chi connectivity index (χ0n) is 13.4. The molecule has 6 heteroatoms. The second-order valence-electron chi connectivity index (χ2n) is 5.43. The minimum atomic E-state index is -0.187. The van der Waals surface area contributed by atoms with Crippen LogP contribution in [0.3, 0.4) is 0 Å². The number of carbonyl (C=O) groups is 1. The molecule has 0 saturated carbocycles. The molecule has 0 radical (unpaired) electrons. The van der Waals surface area contributed by atoms with Gasteiger partial charge < -0.3 is 14.8 Å². The fourth-order valence-electron chi connectivity index (χ4n) is 2.73. The van der Waals surface area contributed by atoms with Crippen molar-refractivity contribution in [2.24, 2.45) is 0 Å². The molecule has 0 aromatic heterocycles. The lowest BCUT2D eigenvalue weighted by Crippen LogP contribution is -2.43. The maximum absolute atomic E-state index is 12.2. The quantitative estimate of drug-likeness (QED) is 0.709. The van der Waals surface area contributed by atoms with Crippen molar-refractivity contribution in [2.45, 2.75) is 44.8 Å². The van der Waals surface area contributed by atoms with Crippen LogP contribution in [0.1, 0.15) is 31.7 Å². The first-order chi connectivity index (χ1) is 10.7. The van der Waals surface area contributed by atoms with Gasteiger partial charge in [0, 0.05) is 18.2 Å². The van der Waals surface area contributed by atoms with Gasteiger partial charge in [-0.05, 0) is 18.9 Å². The molecule has 6 nitrogen and oxygen atoms in total. The summed E-state index contributed by atoms with van der Waals surface area (Å²) >= 11 is 0. The van der Waals surface area contributed by atoms with E-state index in [2.05, 4.69) is 23.1 Å². The van der Waals surface area contributed by atoms with E-state index in [4.69, 9.17) is 9.47 Å². The number of hydrogen-bond acceptors (Lipinski definition) is 5. The molecule has 1 saturated heterocycles. The zero-order valence-corrected chi connectivity index (χ0v) is 13.4. The van der Waals surface area contributed by atoms with Crippen LogP contribution in [0.25, 0.3) is 0 Å². The Morgan fingerprint density at radius 2 is 2.14 bits per heavy atom. The molecule has 0 spiro atoms. The Kier molecular flexibility index (Phi) is 6.03. The van der Waals surface area contributed by atoms with Crippen molar-refractivity contribution in [3.63, 3.8) is 0 Å². The molecule has 1 aromatic carbocycles. The molecule has 22 heavy (non-hydrogen) atoms. The lowest BCUT2D eigenvalue weighted by Gasteiger charge is -2.14.